The van der Waals surface area contributed by atoms with E-state index in [0.29, 0.717) is 24.9 Å². The van der Waals surface area contributed by atoms with Crippen LogP contribution in [0, 0.1) is 6.92 Å². The van der Waals surface area contributed by atoms with Gasteiger partial charge in [0.05, 0.1) is 13.2 Å². The zero-order valence-electron chi connectivity index (χ0n) is 11.6. The Morgan fingerprint density at radius 3 is 2.17 bits per heavy atom. The molecule has 1 aromatic rings. The number of rotatable bonds is 5. The average molecular weight is 248 g/mol. The van der Waals surface area contributed by atoms with Crippen molar-refractivity contribution in [2.45, 2.75) is 26.7 Å². The fourth-order valence-electron chi connectivity index (χ4n) is 1.38. The number of ether oxygens (including phenoxy) is 1. The summed E-state index contributed by atoms with van der Waals surface area (Å²) in [5, 5.41) is 9.46. The van der Waals surface area contributed by atoms with Crippen molar-refractivity contribution in [1.82, 2.24) is 0 Å². The Bertz CT molecular complexity index is 359. The molecule has 0 saturated carbocycles. The predicted molar refractivity (Wildman–Crippen MR) is 78.1 cm³/mol. The third kappa shape index (κ3) is 6.92. The summed E-state index contributed by atoms with van der Waals surface area (Å²) in [6, 6.07) is 5.81. The molecule has 2 heteroatoms. The zero-order chi connectivity index (χ0) is 14.0. The molecule has 0 saturated heterocycles. The van der Waals surface area contributed by atoms with Gasteiger partial charge in [0.1, 0.15) is 5.75 Å². The predicted octanol–water partition coefficient (Wildman–Crippen LogP) is 4.20. The van der Waals surface area contributed by atoms with E-state index in [1.54, 1.807) is 18.2 Å². The van der Waals surface area contributed by atoms with E-state index < -0.39 is 0 Å². The maximum Gasteiger partial charge on any atom is 0.119 e. The number of phenolic OH excluding ortho intramolecular Hbond substituents is 1. The van der Waals surface area contributed by atoms with Crippen LogP contribution in [0.1, 0.15) is 30.9 Å². The van der Waals surface area contributed by atoms with Gasteiger partial charge in [-0.1, -0.05) is 38.1 Å². The second-order valence-electron chi connectivity index (χ2n) is 4.33. The highest BCUT2D eigenvalue weighted by atomic mass is 16.5. The number of hydrogen-bond donors (Lipinski definition) is 1. The van der Waals surface area contributed by atoms with E-state index in [1.165, 1.54) is 0 Å². The van der Waals surface area contributed by atoms with Crippen molar-refractivity contribution in [2.75, 3.05) is 13.2 Å². The van der Waals surface area contributed by atoms with Gasteiger partial charge in [0, 0.05) is 0 Å². The number of aromatic hydroxyl groups is 1. The molecule has 100 valence electrons. The van der Waals surface area contributed by atoms with Crippen molar-refractivity contribution in [2.24, 2.45) is 0 Å². The van der Waals surface area contributed by atoms with Crippen LogP contribution in [0.5, 0.6) is 5.75 Å². The smallest absolute Gasteiger partial charge is 0.119 e. The van der Waals surface area contributed by atoms with Gasteiger partial charge in [0.25, 0.3) is 0 Å². The van der Waals surface area contributed by atoms with Crippen molar-refractivity contribution in [3.8, 4) is 5.75 Å². The third-order valence-corrected chi connectivity index (χ3v) is 2.28. The van der Waals surface area contributed by atoms with Crippen molar-refractivity contribution >= 4 is 0 Å². The second kappa shape index (κ2) is 9.49. The minimum absolute atomic E-state index is 0.399. The Labute approximate surface area is 111 Å². The lowest BCUT2D eigenvalue weighted by atomic mass is 10.0. The quantitative estimate of drug-likeness (QED) is 0.625. The standard InChI is InChI=1S/C10H14O.C6H10O/c1-7(2)9-5-4-8(3)6-10(9)11;1-3-5-7-6-4-2/h4-7,11H,1-3H3;3-4H,1-2,5-6H2. The lowest BCUT2D eigenvalue weighted by molar-refractivity contribution is 0.194. The molecule has 0 fully saturated rings. The van der Waals surface area contributed by atoms with E-state index in [2.05, 4.69) is 27.0 Å². The van der Waals surface area contributed by atoms with Gasteiger partial charge in [-0.3, -0.25) is 0 Å². The summed E-state index contributed by atoms with van der Waals surface area (Å²) in [6.45, 7) is 14.3. The monoisotopic (exact) mass is 248 g/mol. The average Bonchev–Trinajstić information content (AvgIpc) is 2.30. The van der Waals surface area contributed by atoms with E-state index in [1.807, 2.05) is 19.1 Å². The van der Waals surface area contributed by atoms with Gasteiger partial charge in [-0.2, -0.15) is 0 Å². The number of phenols is 1. The molecule has 0 unspecified atom stereocenters. The second-order valence-corrected chi connectivity index (χ2v) is 4.33. The molecule has 0 atom stereocenters. The van der Waals surface area contributed by atoms with E-state index in [0.717, 1.165) is 11.1 Å². The van der Waals surface area contributed by atoms with Gasteiger partial charge in [-0.05, 0) is 30.0 Å². The summed E-state index contributed by atoms with van der Waals surface area (Å²) in [5.74, 6) is 0.815. The molecule has 2 nitrogen and oxygen atoms in total. The fraction of sp³-hybridized carbons (Fsp3) is 0.375. The Kier molecular flexibility index (Phi) is 8.67. The summed E-state index contributed by atoms with van der Waals surface area (Å²) in [6.07, 6.45) is 3.42. The van der Waals surface area contributed by atoms with Crippen LogP contribution in [-0.2, 0) is 4.74 Å². The van der Waals surface area contributed by atoms with E-state index in [4.69, 9.17) is 4.74 Å². The summed E-state index contributed by atoms with van der Waals surface area (Å²) >= 11 is 0. The molecule has 0 aliphatic carbocycles. The highest BCUT2D eigenvalue weighted by molar-refractivity contribution is 5.37. The third-order valence-electron chi connectivity index (χ3n) is 2.28. The highest BCUT2D eigenvalue weighted by Gasteiger charge is 2.03. The molecule has 0 aliphatic rings. The molecule has 18 heavy (non-hydrogen) atoms. The number of aryl methyl sites for hydroxylation is 1. The largest absolute Gasteiger partial charge is 0.508 e. The minimum atomic E-state index is 0.399. The molecule has 0 aliphatic heterocycles. The molecule has 0 heterocycles. The zero-order valence-corrected chi connectivity index (χ0v) is 11.6. The van der Waals surface area contributed by atoms with E-state index >= 15 is 0 Å². The van der Waals surface area contributed by atoms with Crippen LogP contribution in [-0.4, -0.2) is 18.3 Å². The first kappa shape index (κ1) is 16.5. The maximum atomic E-state index is 9.46. The summed E-state index contributed by atoms with van der Waals surface area (Å²) in [4.78, 5) is 0. The SMILES string of the molecule is C=CCOCC=C.Cc1ccc(C(C)C)c(O)c1. The lowest BCUT2D eigenvalue weighted by Crippen LogP contribution is -1.87. The first-order chi connectivity index (χ1) is 8.52. The molecular formula is C16H24O2. The number of benzene rings is 1. The van der Waals surface area contributed by atoms with E-state index in [9.17, 15) is 5.11 Å². The topological polar surface area (TPSA) is 29.5 Å². The molecule has 1 aromatic carbocycles. The fourth-order valence-corrected chi connectivity index (χ4v) is 1.38. The molecule has 0 spiro atoms. The van der Waals surface area contributed by atoms with Gasteiger partial charge in [0.15, 0.2) is 0 Å². The van der Waals surface area contributed by atoms with Gasteiger partial charge < -0.3 is 9.84 Å². The highest BCUT2D eigenvalue weighted by Crippen LogP contribution is 2.25. The van der Waals surface area contributed by atoms with E-state index in [-0.39, 0.29) is 0 Å². The molecule has 0 aromatic heterocycles. The molecule has 1 rings (SSSR count). The summed E-state index contributed by atoms with van der Waals surface area (Å²) < 4.78 is 4.90. The van der Waals surface area contributed by atoms with Crippen molar-refractivity contribution in [3.63, 3.8) is 0 Å². The van der Waals surface area contributed by atoms with Crippen molar-refractivity contribution < 1.29 is 9.84 Å². The minimum Gasteiger partial charge on any atom is -0.508 e. The molecule has 1 N–H and O–H groups in total. The summed E-state index contributed by atoms with van der Waals surface area (Å²) in [7, 11) is 0. The van der Waals surface area contributed by atoms with Crippen LogP contribution in [0.4, 0.5) is 0 Å². The van der Waals surface area contributed by atoms with Gasteiger partial charge in [0.2, 0.25) is 0 Å². The molecule has 0 radical (unpaired) electrons. The van der Waals surface area contributed by atoms with Crippen LogP contribution in [0.15, 0.2) is 43.5 Å². The maximum absolute atomic E-state index is 9.46. The number of hydrogen-bond acceptors (Lipinski definition) is 2. The van der Waals surface area contributed by atoms with Crippen molar-refractivity contribution in [1.29, 1.82) is 0 Å². The van der Waals surface area contributed by atoms with Crippen LogP contribution in [0.2, 0.25) is 0 Å². The molecular weight excluding hydrogens is 224 g/mol. The van der Waals surface area contributed by atoms with Crippen LogP contribution >= 0.6 is 0 Å². The first-order valence-electron chi connectivity index (χ1n) is 6.12. The lowest BCUT2D eigenvalue weighted by Gasteiger charge is -2.07. The van der Waals surface area contributed by atoms with Crippen LogP contribution in [0.3, 0.4) is 0 Å². The van der Waals surface area contributed by atoms with Gasteiger partial charge in [-0.15, -0.1) is 13.2 Å². The normalized spacial score (nSPS) is 9.56. The van der Waals surface area contributed by atoms with Crippen LogP contribution in [0.25, 0.3) is 0 Å². The Balaban J connectivity index is 0.000000360. The Morgan fingerprint density at radius 1 is 1.22 bits per heavy atom. The summed E-state index contributed by atoms with van der Waals surface area (Å²) in [5.41, 5.74) is 2.13. The Hall–Kier alpha value is -1.54. The Morgan fingerprint density at radius 2 is 1.78 bits per heavy atom. The van der Waals surface area contributed by atoms with Gasteiger partial charge >= 0.3 is 0 Å². The van der Waals surface area contributed by atoms with Crippen LogP contribution < -0.4 is 0 Å². The molecule has 0 bridgehead atoms. The first-order valence-corrected chi connectivity index (χ1v) is 6.12. The van der Waals surface area contributed by atoms with Gasteiger partial charge in [-0.25, -0.2) is 0 Å². The van der Waals surface area contributed by atoms with Crippen molar-refractivity contribution in [3.05, 3.63) is 54.6 Å². The molecule has 0 amide bonds.